The Morgan fingerprint density at radius 2 is 2.36 bits per heavy atom. The molecule has 0 aromatic heterocycles. The lowest BCUT2D eigenvalue weighted by Crippen LogP contribution is -2.21. The van der Waals surface area contributed by atoms with Gasteiger partial charge in [0.05, 0.1) is 13.0 Å². The van der Waals surface area contributed by atoms with Crippen LogP contribution in [0.15, 0.2) is 12.2 Å². The van der Waals surface area contributed by atoms with E-state index in [0.717, 1.165) is 19.3 Å². The van der Waals surface area contributed by atoms with Crippen molar-refractivity contribution in [3.05, 3.63) is 12.2 Å². The molecule has 2 rings (SSSR count). The van der Waals surface area contributed by atoms with Crippen LogP contribution >= 0.6 is 0 Å². The topological polar surface area (TPSA) is 26.3 Å². The van der Waals surface area contributed by atoms with Crippen LogP contribution in [0.25, 0.3) is 0 Å². The highest BCUT2D eigenvalue weighted by Gasteiger charge is 2.39. The van der Waals surface area contributed by atoms with Crippen molar-refractivity contribution in [3.8, 4) is 0 Å². The van der Waals surface area contributed by atoms with Crippen LogP contribution in [0.4, 0.5) is 0 Å². The zero-order valence-electron chi connectivity index (χ0n) is 6.51. The van der Waals surface area contributed by atoms with Crippen molar-refractivity contribution in [3.63, 3.8) is 0 Å². The Labute approximate surface area is 66.2 Å². The number of allylic oxidation sites excluding steroid dienone is 2. The van der Waals surface area contributed by atoms with Crippen LogP contribution in [-0.4, -0.2) is 12.6 Å². The summed E-state index contributed by atoms with van der Waals surface area (Å²) < 4.78 is 4.97. The second-order valence-corrected chi connectivity index (χ2v) is 3.55. The quantitative estimate of drug-likeness (QED) is 0.390. The van der Waals surface area contributed by atoms with Crippen LogP contribution < -0.4 is 0 Å². The van der Waals surface area contributed by atoms with Gasteiger partial charge in [-0.15, -0.1) is 0 Å². The Kier molecular flexibility index (Phi) is 1.48. The van der Waals surface area contributed by atoms with Gasteiger partial charge in [-0.05, 0) is 19.3 Å². The molecule has 0 N–H and O–H groups in total. The van der Waals surface area contributed by atoms with Gasteiger partial charge in [0.1, 0.15) is 0 Å². The van der Waals surface area contributed by atoms with E-state index in [1.165, 1.54) is 0 Å². The minimum absolute atomic E-state index is 0.0136. The third-order valence-electron chi connectivity index (χ3n) is 2.62. The van der Waals surface area contributed by atoms with Gasteiger partial charge in [0, 0.05) is 5.41 Å². The standard InChI is InChI=1S/C9H12O2/c10-8-6-9(7-11-8)4-2-1-3-5-9/h1-2H,3-7H2. The van der Waals surface area contributed by atoms with Gasteiger partial charge in [-0.1, -0.05) is 12.2 Å². The average Bonchev–Trinajstić information content (AvgIpc) is 2.34. The first-order chi connectivity index (χ1) is 5.31. The molecule has 0 aromatic rings. The van der Waals surface area contributed by atoms with Crippen LogP contribution in [0.2, 0.25) is 0 Å². The summed E-state index contributed by atoms with van der Waals surface area (Å²) in [5.41, 5.74) is 0.186. The molecule has 1 heterocycles. The minimum atomic E-state index is -0.0136. The molecule has 0 saturated carbocycles. The molecule has 2 nitrogen and oxygen atoms in total. The molecular weight excluding hydrogens is 140 g/mol. The van der Waals surface area contributed by atoms with E-state index in [0.29, 0.717) is 13.0 Å². The molecule has 11 heavy (non-hydrogen) atoms. The maximum atomic E-state index is 10.9. The van der Waals surface area contributed by atoms with Gasteiger partial charge in [-0.3, -0.25) is 4.79 Å². The molecule has 1 saturated heterocycles. The molecule has 0 radical (unpaired) electrons. The fourth-order valence-electron chi connectivity index (χ4n) is 1.88. The molecule has 1 aliphatic heterocycles. The minimum Gasteiger partial charge on any atom is -0.465 e. The number of ether oxygens (including phenoxy) is 1. The Balaban J connectivity index is 2.11. The molecule has 60 valence electrons. The summed E-state index contributed by atoms with van der Waals surface area (Å²) in [6.07, 6.45) is 8.25. The molecule has 2 aliphatic rings. The number of hydrogen-bond donors (Lipinski definition) is 0. The Bertz CT molecular complexity index is 204. The highest BCUT2D eigenvalue weighted by Crippen LogP contribution is 2.40. The fraction of sp³-hybridized carbons (Fsp3) is 0.667. The molecule has 1 unspecified atom stereocenters. The van der Waals surface area contributed by atoms with Crippen molar-refractivity contribution in [1.29, 1.82) is 0 Å². The van der Waals surface area contributed by atoms with Crippen molar-refractivity contribution < 1.29 is 9.53 Å². The molecule has 1 aliphatic carbocycles. The number of esters is 1. The highest BCUT2D eigenvalue weighted by molar-refractivity contribution is 5.72. The summed E-state index contributed by atoms with van der Waals surface area (Å²) in [5, 5.41) is 0. The van der Waals surface area contributed by atoms with Gasteiger partial charge in [0.15, 0.2) is 0 Å². The van der Waals surface area contributed by atoms with Crippen LogP contribution in [0.1, 0.15) is 25.7 Å². The van der Waals surface area contributed by atoms with Crippen molar-refractivity contribution in [2.75, 3.05) is 6.61 Å². The Hall–Kier alpha value is -0.790. The van der Waals surface area contributed by atoms with Gasteiger partial charge in [-0.25, -0.2) is 0 Å². The monoisotopic (exact) mass is 152 g/mol. The van der Waals surface area contributed by atoms with E-state index in [-0.39, 0.29) is 11.4 Å². The third-order valence-corrected chi connectivity index (χ3v) is 2.62. The average molecular weight is 152 g/mol. The molecule has 0 bridgehead atoms. The molecule has 1 fully saturated rings. The highest BCUT2D eigenvalue weighted by atomic mass is 16.5. The maximum absolute atomic E-state index is 10.9. The van der Waals surface area contributed by atoms with Gasteiger partial charge >= 0.3 is 5.97 Å². The van der Waals surface area contributed by atoms with Crippen LogP contribution in [0.3, 0.4) is 0 Å². The largest absolute Gasteiger partial charge is 0.465 e. The van der Waals surface area contributed by atoms with E-state index in [1.54, 1.807) is 0 Å². The second-order valence-electron chi connectivity index (χ2n) is 3.55. The van der Waals surface area contributed by atoms with E-state index in [4.69, 9.17) is 4.74 Å². The number of rotatable bonds is 0. The summed E-state index contributed by atoms with van der Waals surface area (Å²) in [6, 6.07) is 0. The van der Waals surface area contributed by atoms with E-state index >= 15 is 0 Å². The first-order valence-corrected chi connectivity index (χ1v) is 4.11. The van der Waals surface area contributed by atoms with Crippen molar-refractivity contribution in [2.24, 2.45) is 5.41 Å². The second kappa shape index (κ2) is 2.36. The predicted molar refractivity (Wildman–Crippen MR) is 41.0 cm³/mol. The summed E-state index contributed by atoms with van der Waals surface area (Å²) in [7, 11) is 0. The first kappa shape index (κ1) is 6.89. The normalized spacial score (nSPS) is 36.2. The van der Waals surface area contributed by atoms with Crippen LogP contribution in [0, 0.1) is 5.41 Å². The van der Waals surface area contributed by atoms with Crippen molar-refractivity contribution in [2.45, 2.75) is 25.7 Å². The molecule has 1 spiro atoms. The van der Waals surface area contributed by atoms with Gasteiger partial charge in [0.2, 0.25) is 0 Å². The molecule has 1 atom stereocenters. The van der Waals surface area contributed by atoms with E-state index < -0.39 is 0 Å². The third kappa shape index (κ3) is 1.17. The van der Waals surface area contributed by atoms with Crippen molar-refractivity contribution >= 4 is 5.97 Å². The lowest BCUT2D eigenvalue weighted by Gasteiger charge is -2.26. The number of carbonyl (C=O) groups excluding carboxylic acids is 1. The first-order valence-electron chi connectivity index (χ1n) is 4.11. The van der Waals surface area contributed by atoms with Crippen LogP contribution in [-0.2, 0) is 9.53 Å². The lowest BCUT2D eigenvalue weighted by atomic mass is 9.77. The zero-order chi connectivity index (χ0) is 7.73. The summed E-state index contributed by atoms with van der Waals surface area (Å²) in [6.45, 7) is 0.649. The lowest BCUT2D eigenvalue weighted by molar-refractivity contribution is -0.137. The van der Waals surface area contributed by atoms with Crippen LogP contribution in [0.5, 0.6) is 0 Å². The number of carbonyl (C=O) groups is 1. The van der Waals surface area contributed by atoms with E-state index in [9.17, 15) is 4.79 Å². The molecule has 0 aromatic carbocycles. The predicted octanol–water partition coefficient (Wildman–Crippen LogP) is 1.66. The SMILES string of the molecule is O=C1CC2(CC=CCC2)CO1. The van der Waals surface area contributed by atoms with Gasteiger partial charge in [0.25, 0.3) is 0 Å². The fourth-order valence-corrected chi connectivity index (χ4v) is 1.88. The van der Waals surface area contributed by atoms with Crippen molar-refractivity contribution in [1.82, 2.24) is 0 Å². The number of cyclic esters (lactones) is 1. The molecule has 0 amide bonds. The maximum Gasteiger partial charge on any atom is 0.306 e. The molecule has 2 heteroatoms. The summed E-state index contributed by atoms with van der Waals surface area (Å²) in [5.74, 6) is -0.0136. The Morgan fingerprint density at radius 3 is 2.91 bits per heavy atom. The summed E-state index contributed by atoms with van der Waals surface area (Å²) in [4.78, 5) is 10.9. The number of hydrogen-bond acceptors (Lipinski definition) is 2. The van der Waals surface area contributed by atoms with Gasteiger partial charge < -0.3 is 4.74 Å². The zero-order valence-corrected chi connectivity index (χ0v) is 6.51. The Morgan fingerprint density at radius 1 is 1.45 bits per heavy atom. The summed E-state index contributed by atoms with van der Waals surface area (Å²) >= 11 is 0. The van der Waals surface area contributed by atoms with Gasteiger partial charge in [-0.2, -0.15) is 0 Å². The van der Waals surface area contributed by atoms with E-state index in [1.807, 2.05) is 0 Å². The smallest absolute Gasteiger partial charge is 0.306 e. The molecular formula is C9H12O2. The van der Waals surface area contributed by atoms with E-state index in [2.05, 4.69) is 12.2 Å².